The lowest BCUT2D eigenvalue weighted by molar-refractivity contribution is -0.118. The summed E-state index contributed by atoms with van der Waals surface area (Å²) < 4.78 is 0. The molecule has 2 bridgehead atoms. The standard InChI is InChI=1S/C11H16N2OS/c1-6-10(14)13-11(15-6)12-9-5-7-2-3-8(9)4-7/h6-9H,2-5H2,1H3,(H,12,13,14)/t6?,7-,8+,9+/m1/s1. The molecule has 3 fully saturated rings. The van der Waals surface area contributed by atoms with Gasteiger partial charge in [0.15, 0.2) is 5.17 Å². The highest BCUT2D eigenvalue weighted by Gasteiger charge is 2.40. The minimum absolute atomic E-state index is 0.0438. The van der Waals surface area contributed by atoms with E-state index in [9.17, 15) is 4.79 Å². The summed E-state index contributed by atoms with van der Waals surface area (Å²) in [5.41, 5.74) is 0. The van der Waals surface area contributed by atoms with Gasteiger partial charge in [0.25, 0.3) is 0 Å². The highest BCUT2D eigenvalue weighted by molar-refractivity contribution is 8.15. The van der Waals surface area contributed by atoms with E-state index in [2.05, 4.69) is 5.32 Å². The Morgan fingerprint density at radius 1 is 1.40 bits per heavy atom. The van der Waals surface area contributed by atoms with Crippen molar-refractivity contribution in [2.24, 2.45) is 16.8 Å². The molecule has 1 amide bonds. The first kappa shape index (κ1) is 9.70. The number of hydrogen-bond acceptors (Lipinski definition) is 3. The van der Waals surface area contributed by atoms with Gasteiger partial charge >= 0.3 is 0 Å². The zero-order valence-electron chi connectivity index (χ0n) is 8.90. The van der Waals surface area contributed by atoms with E-state index in [1.54, 1.807) is 11.8 Å². The Balaban J connectivity index is 1.70. The SMILES string of the molecule is CC1SC(=N[C@H]2C[C@@H]3CC[C@H]2C3)NC1=O. The van der Waals surface area contributed by atoms with E-state index in [-0.39, 0.29) is 11.2 Å². The number of aliphatic imine (C=N–C) groups is 1. The van der Waals surface area contributed by atoms with Gasteiger partial charge in [0.2, 0.25) is 5.91 Å². The highest BCUT2D eigenvalue weighted by atomic mass is 32.2. The van der Waals surface area contributed by atoms with Crippen LogP contribution in [-0.4, -0.2) is 22.4 Å². The van der Waals surface area contributed by atoms with Crippen LogP contribution in [0.3, 0.4) is 0 Å². The zero-order valence-corrected chi connectivity index (χ0v) is 9.72. The number of thioether (sulfide) groups is 1. The Labute approximate surface area is 94.1 Å². The van der Waals surface area contributed by atoms with E-state index in [1.165, 1.54) is 25.7 Å². The van der Waals surface area contributed by atoms with E-state index in [0.29, 0.717) is 6.04 Å². The molecule has 2 saturated carbocycles. The summed E-state index contributed by atoms with van der Waals surface area (Å²) in [5.74, 6) is 1.83. The fourth-order valence-electron chi connectivity index (χ4n) is 3.04. The molecule has 1 saturated heterocycles. The first-order chi connectivity index (χ1) is 7.22. The minimum Gasteiger partial charge on any atom is -0.304 e. The molecule has 0 aromatic carbocycles. The number of amidine groups is 1. The molecule has 0 radical (unpaired) electrons. The summed E-state index contributed by atoms with van der Waals surface area (Å²) in [7, 11) is 0. The van der Waals surface area contributed by atoms with Crippen LogP contribution < -0.4 is 5.32 Å². The van der Waals surface area contributed by atoms with Crippen molar-refractivity contribution in [3.05, 3.63) is 0 Å². The first-order valence-electron chi connectivity index (χ1n) is 5.77. The smallest absolute Gasteiger partial charge is 0.239 e. The van der Waals surface area contributed by atoms with Crippen molar-refractivity contribution >= 4 is 22.8 Å². The van der Waals surface area contributed by atoms with Crippen LogP contribution in [-0.2, 0) is 4.79 Å². The fourth-order valence-corrected chi connectivity index (χ4v) is 3.90. The van der Waals surface area contributed by atoms with Crippen molar-refractivity contribution in [3.63, 3.8) is 0 Å². The van der Waals surface area contributed by atoms with Gasteiger partial charge in [0.05, 0.1) is 11.3 Å². The number of rotatable bonds is 1. The van der Waals surface area contributed by atoms with Crippen molar-refractivity contribution in [3.8, 4) is 0 Å². The van der Waals surface area contributed by atoms with Crippen molar-refractivity contribution in [1.29, 1.82) is 0 Å². The molecule has 3 rings (SSSR count). The molecule has 1 N–H and O–H groups in total. The maximum atomic E-state index is 11.3. The lowest BCUT2D eigenvalue weighted by Gasteiger charge is -2.17. The zero-order chi connectivity index (χ0) is 10.4. The second kappa shape index (κ2) is 3.51. The maximum Gasteiger partial charge on any atom is 0.239 e. The number of amides is 1. The van der Waals surface area contributed by atoms with Crippen LogP contribution in [0, 0.1) is 11.8 Å². The van der Waals surface area contributed by atoms with Gasteiger partial charge in [-0.15, -0.1) is 0 Å². The molecule has 4 atom stereocenters. The maximum absolute atomic E-state index is 11.3. The Bertz CT molecular complexity index is 329. The highest BCUT2D eigenvalue weighted by Crippen LogP contribution is 2.46. The van der Waals surface area contributed by atoms with Crippen LogP contribution in [0.25, 0.3) is 0 Å². The largest absolute Gasteiger partial charge is 0.304 e. The Kier molecular flexibility index (Phi) is 2.27. The van der Waals surface area contributed by atoms with E-state index in [4.69, 9.17) is 4.99 Å². The minimum atomic E-state index is 0.0438. The quantitative estimate of drug-likeness (QED) is 0.737. The van der Waals surface area contributed by atoms with Gasteiger partial charge < -0.3 is 5.32 Å². The molecule has 0 aromatic rings. The molecular weight excluding hydrogens is 208 g/mol. The molecule has 4 heteroatoms. The molecular formula is C11H16N2OS. The second-order valence-corrected chi connectivity index (χ2v) is 6.26. The molecule has 15 heavy (non-hydrogen) atoms. The topological polar surface area (TPSA) is 41.5 Å². The third-order valence-corrected chi connectivity index (χ3v) is 4.87. The average Bonchev–Trinajstić information content (AvgIpc) is 2.84. The van der Waals surface area contributed by atoms with Crippen LogP contribution in [0.4, 0.5) is 0 Å². The molecule has 3 nitrogen and oxygen atoms in total. The Hall–Kier alpha value is -0.510. The van der Waals surface area contributed by atoms with Gasteiger partial charge in [-0.05, 0) is 38.0 Å². The number of nitrogens with zero attached hydrogens (tertiary/aromatic N) is 1. The van der Waals surface area contributed by atoms with Gasteiger partial charge in [-0.25, -0.2) is 0 Å². The number of hydrogen-bond donors (Lipinski definition) is 1. The summed E-state index contributed by atoms with van der Waals surface area (Å²) in [4.78, 5) is 16.0. The Morgan fingerprint density at radius 3 is 2.80 bits per heavy atom. The fraction of sp³-hybridized carbons (Fsp3) is 0.818. The van der Waals surface area contributed by atoms with Gasteiger partial charge in [-0.1, -0.05) is 18.2 Å². The first-order valence-corrected chi connectivity index (χ1v) is 6.65. The molecule has 1 heterocycles. The second-order valence-electron chi connectivity index (χ2n) is 4.93. The third kappa shape index (κ3) is 1.69. The predicted octanol–water partition coefficient (Wildman–Crippen LogP) is 1.78. The van der Waals surface area contributed by atoms with Gasteiger partial charge in [-0.2, -0.15) is 0 Å². The van der Waals surface area contributed by atoms with Gasteiger partial charge in [0, 0.05) is 0 Å². The van der Waals surface area contributed by atoms with Crippen LogP contribution in [0.1, 0.15) is 32.6 Å². The van der Waals surface area contributed by atoms with Crippen LogP contribution in [0.15, 0.2) is 4.99 Å². The molecule has 1 unspecified atom stereocenters. The lowest BCUT2D eigenvalue weighted by atomic mass is 9.96. The third-order valence-electron chi connectivity index (χ3n) is 3.87. The summed E-state index contributed by atoms with van der Waals surface area (Å²) in [6, 6.07) is 0.497. The Morgan fingerprint density at radius 2 is 2.27 bits per heavy atom. The van der Waals surface area contributed by atoms with Crippen molar-refractivity contribution < 1.29 is 4.79 Å². The number of carbonyl (C=O) groups excluding carboxylic acids is 1. The molecule has 3 aliphatic rings. The van der Waals surface area contributed by atoms with Crippen molar-refractivity contribution in [2.75, 3.05) is 0 Å². The van der Waals surface area contributed by atoms with Crippen molar-refractivity contribution in [1.82, 2.24) is 5.32 Å². The van der Waals surface area contributed by atoms with E-state index in [0.717, 1.165) is 17.0 Å². The predicted molar refractivity (Wildman–Crippen MR) is 61.9 cm³/mol. The van der Waals surface area contributed by atoms with Crippen LogP contribution in [0.2, 0.25) is 0 Å². The van der Waals surface area contributed by atoms with E-state index in [1.807, 2.05) is 6.92 Å². The molecule has 2 aliphatic carbocycles. The average molecular weight is 224 g/mol. The lowest BCUT2D eigenvalue weighted by Crippen LogP contribution is -2.25. The monoisotopic (exact) mass is 224 g/mol. The summed E-state index contributed by atoms with van der Waals surface area (Å²) in [5, 5.41) is 3.77. The van der Waals surface area contributed by atoms with E-state index >= 15 is 0 Å². The molecule has 0 spiro atoms. The molecule has 1 aliphatic heterocycles. The summed E-state index contributed by atoms with van der Waals surface area (Å²) in [6.07, 6.45) is 5.37. The summed E-state index contributed by atoms with van der Waals surface area (Å²) >= 11 is 1.58. The van der Waals surface area contributed by atoms with Crippen molar-refractivity contribution in [2.45, 2.75) is 43.9 Å². The number of fused-ring (bicyclic) bond motifs is 2. The van der Waals surface area contributed by atoms with Crippen LogP contribution in [0.5, 0.6) is 0 Å². The van der Waals surface area contributed by atoms with Gasteiger partial charge in [0.1, 0.15) is 0 Å². The van der Waals surface area contributed by atoms with Crippen LogP contribution >= 0.6 is 11.8 Å². The van der Waals surface area contributed by atoms with E-state index < -0.39 is 0 Å². The molecule has 0 aromatic heterocycles. The summed E-state index contributed by atoms with van der Waals surface area (Å²) in [6.45, 7) is 1.93. The number of nitrogens with one attached hydrogen (secondary N) is 1. The van der Waals surface area contributed by atoms with Gasteiger partial charge in [-0.3, -0.25) is 9.79 Å². The molecule has 82 valence electrons. The number of carbonyl (C=O) groups is 1. The normalized spacial score (nSPS) is 46.5.